The molecule has 0 amide bonds. The average Bonchev–Trinajstić information content (AvgIpc) is 2.15. The summed E-state index contributed by atoms with van der Waals surface area (Å²) < 4.78 is 3.62. The molecule has 0 bridgehead atoms. The first-order chi connectivity index (χ1) is 6.22. The minimum absolute atomic E-state index is 0.0284. The molecule has 0 heterocycles. The molecule has 13 heavy (non-hydrogen) atoms. The number of carbonyl (C=O) groups excluding carboxylic acids is 1. The molecule has 0 aromatic heterocycles. The van der Waals surface area contributed by atoms with Crippen LogP contribution in [0.5, 0.6) is 0 Å². The molecule has 1 aromatic carbocycles. The summed E-state index contributed by atoms with van der Waals surface area (Å²) in [6.45, 7) is 1.51. The van der Waals surface area contributed by atoms with Crippen LogP contribution in [-0.4, -0.2) is 5.78 Å². The van der Waals surface area contributed by atoms with Crippen LogP contribution in [0.1, 0.15) is 12.5 Å². The Morgan fingerprint density at radius 1 is 1.54 bits per heavy atom. The molecule has 0 unspecified atom stereocenters. The van der Waals surface area contributed by atoms with Crippen LogP contribution in [-0.2, 0) is 17.2 Å². The molecule has 3 heteroatoms. The van der Waals surface area contributed by atoms with Gasteiger partial charge in [-0.05, 0) is 30.7 Å². The zero-order chi connectivity index (χ0) is 9.68. The number of carbonyl (C=O) groups is 1. The molecule has 0 N–H and O–H groups in total. The fourth-order valence-electron chi connectivity index (χ4n) is 0.899. The summed E-state index contributed by atoms with van der Waals surface area (Å²) in [5.41, 5.74) is 1.67. The molecule has 2 nitrogen and oxygen atoms in total. The van der Waals surface area contributed by atoms with Gasteiger partial charge in [0.15, 0.2) is 5.78 Å². The summed E-state index contributed by atoms with van der Waals surface area (Å²) in [4.78, 5) is 10.6. The monoisotopic (exact) mass is 191 g/mol. The van der Waals surface area contributed by atoms with Crippen molar-refractivity contribution in [3.05, 3.63) is 35.9 Å². The van der Waals surface area contributed by atoms with Crippen LogP contribution in [0, 0.1) is 0 Å². The molecule has 0 saturated carbocycles. The normalized spacial score (nSPS) is 10.2. The lowest BCUT2D eigenvalue weighted by atomic mass is 10.2. The van der Waals surface area contributed by atoms with Gasteiger partial charge in [0.25, 0.3) is 0 Å². The highest BCUT2D eigenvalue weighted by Crippen LogP contribution is 2.14. The van der Waals surface area contributed by atoms with Crippen LogP contribution in [0.2, 0.25) is 0 Å². The van der Waals surface area contributed by atoms with Gasteiger partial charge in [0.2, 0.25) is 0 Å². The molecule has 0 fully saturated rings. The van der Waals surface area contributed by atoms with Crippen LogP contribution in [0.4, 0.5) is 5.69 Å². The fraction of sp³-hybridized carbons (Fsp3) is 0.100. The van der Waals surface area contributed by atoms with E-state index in [1.165, 1.54) is 13.0 Å². The largest absolute Gasteiger partial charge is 0.295 e. The molecular formula is C10H9NOS. The average molecular weight is 191 g/mol. The lowest BCUT2D eigenvalue weighted by Gasteiger charge is -1.93. The molecule has 0 aliphatic heterocycles. The fourth-order valence-corrected chi connectivity index (χ4v) is 1.01. The van der Waals surface area contributed by atoms with E-state index >= 15 is 0 Å². The first-order valence-corrected chi connectivity index (χ1v) is 4.21. The summed E-state index contributed by atoms with van der Waals surface area (Å²) in [6, 6.07) is 7.39. The van der Waals surface area contributed by atoms with Crippen molar-refractivity contribution in [3.63, 3.8) is 0 Å². The van der Waals surface area contributed by atoms with Crippen LogP contribution in [0.25, 0.3) is 6.08 Å². The Hall–Kier alpha value is -1.35. The van der Waals surface area contributed by atoms with Crippen molar-refractivity contribution in [3.8, 4) is 0 Å². The quantitative estimate of drug-likeness (QED) is 0.687. The highest BCUT2D eigenvalue weighted by molar-refractivity contribution is 7.47. The van der Waals surface area contributed by atoms with Crippen LogP contribution < -0.4 is 0 Å². The van der Waals surface area contributed by atoms with Gasteiger partial charge in [0.05, 0.1) is 5.69 Å². The van der Waals surface area contributed by atoms with Gasteiger partial charge in [0, 0.05) is 12.4 Å². The maximum atomic E-state index is 10.6. The van der Waals surface area contributed by atoms with Gasteiger partial charge in [-0.2, -0.15) is 4.36 Å². The molecule has 66 valence electrons. The summed E-state index contributed by atoms with van der Waals surface area (Å²) >= 11 is 4.55. The van der Waals surface area contributed by atoms with E-state index in [0.717, 1.165) is 11.3 Å². The van der Waals surface area contributed by atoms with E-state index in [0.29, 0.717) is 0 Å². The Balaban J connectivity index is 2.89. The number of hydrogen-bond donors (Lipinski definition) is 0. The summed E-state index contributed by atoms with van der Waals surface area (Å²) in [5.74, 6) is 0.0284. The topological polar surface area (TPSA) is 29.4 Å². The Kier molecular flexibility index (Phi) is 3.46. The van der Waals surface area contributed by atoms with Gasteiger partial charge >= 0.3 is 0 Å². The molecule has 0 spiro atoms. The summed E-state index contributed by atoms with van der Waals surface area (Å²) in [5, 5.41) is 0. The lowest BCUT2D eigenvalue weighted by Crippen LogP contribution is -1.79. The van der Waals surface area contributed by atoms with E-state index in [4.69, 9.17) is 0 Å². The van der Waals surface area contributed by atoms with Crippen molar-refractivity contribution < 1.29 is 4.79 Å². The van der Waals surface area contributed by atoms with E-state index in [1.54, 1.807) is 6.08 Å². The number of nitrogens with zero attached hydrogens (tertiary/aromatic N) is 1. The first kappa shape index (κ1) is 9.74. The van der Waals surface area contributed by atoms with Crippen molar-refractivity contribution in [1.82, 2.24) is 0 Å². The molecule has 1 rings (SSSR count). The van der Waals surface area contributed by atoms with E-state index in [-0.39, 0.29) is 5.78 Å². The first-order valence-electron chi connectivity index (χ1n) is 3.84. The van der Waals surface area contributed by atoms with Crippen molar-refractivity contribution in [2.45, 2.75) is 6.92 Å². The second-order valence-corrected chi connectivity index (χ2v) is 2.81. The number of hydrogen-bond acceptors (Lipinski definition) is 3. The standard InChI is InChI=1S/C10H9NOS/c1-8(12)5-6-9-3-2-4-10(7-9)11-13/h2-7H,1H3/b6-5+. The highest BCUT2D eigenvalue weighted by atomic mass is 32.1. The second kappa shape index (κ2) is 4.62. The minimum atomic E-state index is 0.0284. The Morgan fingerprint density at radius 3 is 2.92 bits per heavy atom. The van der Waals surface area contributed by atoms with E-state index in [9.17, 15) is 4.79 Å². The van der Waals surface area contributed by atoms with Crippen molar-refractivity contribution in [2.75, 3.05) is 0 Å². The maximum absolute atomic E-state index is 10.6. The summed E-state index contributed by atoms with van der Waals surface area (Å²) in [7, 11) is 0. The van der Waals surface area contributed by atoms with Gasteiger partial charge in [-0.1, -0.05) is 18.2 Å². The number of allylic oxidation sites excluding steroid dienone is 1. The van der Waals surface area contributed by atoms with Crippen LogP contribution >= 0.6 is 0 Å². The van der Waals surface area contributed by atoms with E-state index in [2.05, 4.69) is 16.8 Å². The molecular weight excluding hydrogens is 182 g/mol. The molecule has 0 saturated heterocycles. The van der Waals surface area contributed by atoms with Crippen LogP contribution in [0.3, 0.4) is 0 Å². The maximum Gasteiger partial charge on any atom is 0.152 e. The van der Waals surface area contributed by atoms with Gasteiger partial charge in [0.1, 0.15) is 0 Å². The Bertz CT molecular complexity index is 358. The van der Waals surface area contributed by atoms with Crippen molar-refractivity contribution in [1.29, 1.82) is 0 Å². The predicted molar refractivity (Wildman–Crippen MR) is 55.6 cm³/mol. The third kappa shape index (κ3) is 3.25. The van der Waals surface area contributed by atoms with E-state index < -0.39 is 0 Å². The number of rotatable bonds is 3. The molecule has 0 radical (unpaired) electrons. The Morgan fingerprint density at radius 2 is 2.31 bits per heavy atom. The van der Waals surface area contributed by atoms with Crippen molar-refractivity contribution in [2.24, 2.45) is 4.36 Å². The number of ketones is 1. The van der Waals surface area contributed by atoms with E-state index in [1.807, 2.05) is 24.3 Å². The lowest BCUT2D eigenvalue weighted by molar-refractivity contribution is -0.112. The third-order valence-electron chi connectivity index (χ3n) is 1.49. The van der Waals surface area contributed by atoms with Crippen LogP contribution in [0.15, 0.2) is 34.7 Å². The summed E-state index contributed by atoms with van der Waals surface area (Å²) in [6.07, 6.45) is 3.26. The molecule has 1 aromatic rings. The highest BCUT2D eigenvalue weighted by Gasteiger charge is 1.90. The SMILES string of the molecule is CC(=O)/C=C/c1cccc(N=S)c1. The predicted octanol–water partition coefficient (Wildman–Crippen LogP) is 2.65. The third-order valence-corrected chi connectivity index (χ3v) is 1.70. The smallest absolute Gasteiger partial charge is 0.152 e. The number of benzene rings is 1. The second-order valence-electron chi connectivity index (χ2n) is 2.63. The molecule has 0 aliphatic carbocycles. The minimum Gasteiger partial charge on any atom is -0.295 e. The zero-order valence-electron chi connectivity index (χ0n) is 7.23. The Labute approximate surface area is 82.5 Å². The molecule has 0 atom stereocenters. The van der Waals surface area contributed by atoms with Gasteiger partial charge in [-0.15, -0.1) is 0 Å². The van der Waals surface area contributed by atoms with Gasteiger partial charge in [-0.3, -0.25) is 4.79 Å². The van der Waals surface area contributed by atoms with Crippen molar-refractivity contribution >= 4 is 30.0 Å². The van der Waals surface area contributed by atoms with Gasteiger partial charge in [-0.25, -0.2) is 0 Å². The van der Waals surface area contributed by atoms with Gasteiger partial charge < -0.3 is 0 Å². The molecule has 0 aliphatic rings. The zero-order valence-corrected chi connectivity index (χ0v) is 8.04.